The van der Waals surface area contributed by atoms with E-state index in [1.165, 1.54) is 26.8 Å². The molecule has 150 valence electrons. The van der Waals surface area contributed by atoms with Crippen LogP contribution in [0.1, 0.15) is 50.9 Å². The van der Waals surface area contributed by atoms with Crippen LogP contribution in [0.4, 0.5) is 5.69 Å². The average Bonchev–Trinajstić information content (AvgIpc) is 2.59. The largest absolute Gasteiger partial charge is 0.451 e. The van der Waals surface area contributed by atoms with Crippen LogP contribution in [0.5, 0.6) is 0 Å². The van der Waals surface area contributed by atoms with Crippen molar-refractivity contribution >= 4 is 33.4 Å². The van der Waals surface area contributed by atoms with Crippen LogP contribution in [0.25, 0.3) is 0 Å². The monoisotopic (exact) mass is 398 g/mol. The number of sulfonamides is 1. The van der Waals surface area contributed by atoms with Gasteiger partial charge in [0.2, 0.25) is 10.0 Å². The van der Waals surface area contributed by atoms with Crippen LogP contribution in [0.2, 0.25) is 0 Å². The highest BCUT2D eigenvalue weighted by Crippen LogP contribution is 2.12. The topological polar surface area (TPSA) is 119 Å². The molecule has 0 aromatic heterocycles. The number of amides is 1. The van der Waals surface area contributed by atoms with Crippen molar-refractivity contribution in [3.63, 3.8) is 0 Å². The van der Waals surface area contributed by atoms with E-state index in [2.05, 4.69) is 10.0 Å². The molecule has 2 N–H and O–H groups in total. The summed E-state index contributed by atoms with van der Waals surface area (Å²) in [5.74, 6) is -1.67. The van der Waals surface area contributed by atoms with Crippen molar-refractivity contribution in [2.75, 3.05) is 11.1 Å². The fraction of sp³-hybridized carbons (Fsp3) is 0.500. The molecule has 0 spiro atoms. The first-order chi connectivity index (χ1) is 12.6. The van der Waals surface area contributed by atoms with Gasteiger partial charge in [0.15, 0.2) is 11.9 Å². The molecule has 27 heavy (non-hydrogen) atoms. The molecule has 8 nitrogen and oxygen atoms in total. The molecule has 1 aromatic carbocycles. The summed E-state index contributed by atoms with van der Waals surface area (Å²) in [6.07, 6.45) is 0.0536. The Labute approximate surface area is 159 Å². The minimum atomic E-state index is -3.59. The Bertz CT molecular complexity index is 791. The SMILES string of the molecule is CCCCS(=O)(=O)N[C@@H](C)C(=O)O[C@H](C)C(=O)Nc1cccc(C(C)=O)c1. The van der Waals surface area contributed by atoms with E-state index in [1.54, 1.807) is 18.2 Å². The first-order valence-electron chi connectivity index (χ1n) is 8.68. The highest BCUT2D eigenvalue weighted by atomic mass is 32.2. The molecule has 0 fully saturated rings. The van der Waals surface area contributed by atoms with E-state index in [-0.39, 0.29) is 11.5 Å². The molecular weight excluding hydrogens is 372 g/mol. The molecule has 0 bridgehead atoms. The van der Waals surface area contributed by atoms with Crippen LogP contribution >= 0.6 is 0 Å². The predicted molar refractivity (Wildman–Crippen MR) is 102 cm³/mol. The summed E-state index contributed by atoms with van der Waals surface area (Å²) in [6, 6.07) is 5.25. The van der Waals surface area contributed by atoms with Crippen molar-refractivity contribution in [3.8, 4) is 0 Å². The van der Waals surface area contributed by atoms with E-state index < -0.39 is 34.0 Å². The van der Waals surface area contributed by atoms with Crippen molar-refractivity contribution < 1.29 is 27.5 Å². The summed E-state index contributed by atoms with van der Waals surface area (Å²) in [6.45, 7) is 6.00. The summed E-state index contributed by atoms with van der Waals surface area (Å²) in [4.78, 5) is 35.6. The number of carbonyl (C=O) groups is 3. The number of hydrogen-bond acceptors (Lipinski definition) is 6. The molecule has 0 radical (unpaired) electrons. The molecule has 0 aliphatic rings. The number of benzene rings is 1. The average molecular weight is 398 g/mol. The summed E-state index contributed by atoms with van der Waals surface area (Å²) < 4.78 is 30.9. The number of anilines is 1. The number of ketones is 1. The Morgan fingerprint density at radius 1 is 1.19 bits per heavy atom. The van der Waals surface area contributed by atoms with E-state index >= 15 is 0 Å². The number of rotatable bonds is 10. The molecule has 9 heteroatoms. The molecule has 0 saturated carbocycles. The van der Waals surface area contributed by atoms with Gasteiger partial charge in [-0.3, -0.25) is 14.4 Å². The fourth-order valence-electron chi connectivity index (χ4n) is 2.10. The lowest BCUT2D eigenvalue weighted by atomic mass is 10.1. The lowest BCUT2D eigenvalue weighted by molar-refractivity contribution is -0.154. The van der Waals surface area contributed by atoms with Gasteiger partial charge in [-0.2, -0.15) is 0 Å². The van der Waals surface area contributed by atoms with Gasteiger partial charge in [0.05, 0.1) is 5.75 Å². The maximum absolute atomic E-state index is 12.2. The van der Waals surface area contributed by atoms with Gasteiger partial charge in [0.25, 0.3) is 5.91 Å². The van der Waals surface area contributed by atoms with Crippen LogP contribution < -0.4 is 10.0 Å². The van der Waals surface area contributed by atoms with Crippen molar-refractivity contribution in [3.05, 3.63) is 29.8 Å². The van der Waals surface area contributed by atoms with Crippen LogP contribution in [-0.4, -0.2) is 44.0 Å². The van der Waals surface area contributed by atoms with Gasteiger partial charge in [-0.1, -0.05) is 25.5 Å². The zero-order chi connectivity index (χ0) is 20.6. The number of carbonyl (C=O) groups excluding carboxylic acids is 3. The van der Waals surface area contributed by atoms with E-state index in [0.717, 1.165) is 0 Å². The molecule has 0 heterocycles. The molecular formula is C18H26N2O6S. The third kappa shape index (κ3) is 7.88. The molecule has 0 saturated heterocycles. The Kier molecular flexibility index (Phi) is 8.58. The highest BCUT2D eigenvalue weighted by molar-refractivity contribution is 7.89. The second kappa shape index (κ2) is 10.2. The van der Waals surface area contributed by atoms with Crippen LogP contribution in [0.15, 0.2) is 24.3 Å². The second-order valence-corrected chi connectivity index (χ2v) is 8.09. The Hall–Kier alpha value is -2.26. The standard InChI is InChI=1S/C18H26N2O6S/c1-5-6-10-27(24,25)20-12(2)18(23)26-14(4)17(22)19-16-9-7-8-15(11-16)13(3)21/h7-9,11-12,14,20H,5-6,10H2,1-4H3,(H,19,22)/t12-,14+/m0/s1. The van der Waals surface area contributed by atoms with Gasteiger partial charge in [0, 0.05) is 11.3 Å². The molecule has 1 aromatic rings. The third-order valence-electron chi connectivity index (χ3n) is 3.68. The number of unbranched alkanes of at least 4 members (excludes halogenated alkanes) is 1. The quantitative estimate of drug-likeness (QED) is 0.459. The van der Waals surface area contributed by atoms with Crippen LogP contribution in [0, 0.1) is 0 Å². The van der Waals surface area contributed by atoms with Gasteiger partial charge >= 0.3 is 5.97 Å². The number of nitrogens with one attached hydrogen (secondary N) is 2. The first-order valence-corrected chi connectivity index (χ1v) is 10.3. The lowest BCUT2D eigenvalue weighted by Gasteiger charge is -2.17. The normalized spacial score (nSPS) is 13.5. The minimum absolute atomic E-state index is 0.0797. The molecule has 0 unspecified atom stereocenters. The highest BCUT2D eigenvalue weighted by Gasteiger charge is 2.25. The third-order valence-corrected chi connectivity index (χ3v) is 5.21. The van der Waals surface area contributed by atoms with Gasteiger partial charge in [-0.15, -0.1) is 0 Å². The Morgan fingerprint density at radius 2 is 1.85 bits per heavy atom. The number of esters is 1. The smallest absolute Gasteiger partial charge is 0.324 e. The van der Waals surface area contributed by atoms with E-state index in [9.17, 15) is 22.8 Å². The zero-order valence-corrected chi connectivity index (χ0v) is 16.8. The number of hydrogen-bond donors (Lipinski definition) is 2. The van der Waals surface area contributed by atoms with Gasteiger partial charge in [-0.05, 0) is 39.3 Å². The molecule has 1 rings (SSSR count). The van der Waals surface area contributed by atoms with E-state index in [4.69, 9.17) is 4.74 Å². The Morgan fingerprint density at radius 3 is 2.44 bits per heavy atom. The molecule has 2 atom stereocenters. The number of Topliss-reactive ketones (excluding diaryl/α,β-unsaturated/α-hetero) is 1. The first kappa shape index (κ1) is 22.8. The van der Waals surface area contributed by atoms with Crippen LogP contribution in [0.3, 0.4) is 0 Å². The zero-order valence-electron chi connectivity index (χ0n) is 15.9. The van der Waals surface area contributed by atoms with E-state index in [0.29, 0.717) is 24.1 Å². The van der Waals surface area contributed by atoms with Gasteiger partial charge in [-0.25, -0.2) is 13.1 Å². The summed E-state index contributed by atoms with van der Waals surface area (Å²) in [5, 5.41) is 2.55. The fourth-order valence-corrected chi connectivity index (χ4v) is 3.52. The van der Waals surface area contributed by atoms with Crippen molar-refractivity contribution in [1.29, 1.82) is 0 Å². The lowest BCUT2D eigenvalue weighted by Crippen LogP contribution is -2.43. The van der Waals surface area contributed by atoms with Gasteiger partial charge in [0.1, 0.15) is 6.04 Å². The minimum Gasteiger partial charge on any atom is -0.451 e. The molecule has 0 aliphatic carbocycles. The van der Waals surface area contributed by atoms with Crippen molar-refractivity contribution in [1.82, 2.24) is 4.72 Å². The predicted octanol–water partition coefficient (Wildman–Crippen LogP) is 1.87. The maximum Gasteiger partial charge on any atom is 0.324 e. The second-order valence-electron chi connectivity index (χ2n) is 6.22. The van der Waals surface area contributed by atoms with Crippen molar-refractivity contribution in [2.24, 2.45) is 0 Å². The molecule has 0 aliphatic heterocycles. The summed E-state index contributed by atoms with van der Waals surface area (Å²) in [7, 11) is -3.59. The number of ether oxygens (including phenoxy) is 1. The summed E-state index contributed by atoms with van der Waals surface area (Å²) in [5.41, 5.74) is 0.830. The molecule has 1 amide bonds. The van der Waals surface area contributed by atoms with Crippen LogP contribution in [-0.2, 0) is 24.3 Å². The summed E-state index contributed by atoms with van der Waals surface area (Å²) >= 11 is 0. The Balaban J connectivity index is 2.62. The maximum atomic E-state index is 12.2. The van der Waals surface area contributed by atoms with E-state index in [1.807, 2.05) is 6.92 Å². The van der Waals surface area contributed by atoms with Crippen molar-refractivity contribution in [2.45, 2.75) is 52.7 Å². The van der Waals surface area contributed by atoms with Gasteiger partial charge < -0.3 is 10.1 Å².